The summed E-state index contributed by atoms with van der Waals surface area (Å²) in [6.07, 6.45) is 3.61. The molecule has 4 nitrogen and oxygen atoms in total. The third-order valence-corrected chi connectivity index (χ3v) is 5.27. The van der Waals surface area contributed by atoms with E-state index in [1.165, 1.54) is 24.3 Å². The number of hydrogen-bond donors (Lipinski definition) is 1. The molecule has 0 aromatic heterocycles. The van der Waals surface area contributed by atoms with Gasteiger partial charge < -0.3 is 0 Å². The van der Waals surface area contributed by atoms with E-state index in [2.05, 4.69) is 0 Å². The van der Waals surface area contributed by atoms with Crippen molar-refractivity contribution in [3.05, 3.63) is 59.2 Å². The van der Waals surface area contributed by atoms with E-state index in [9.17, 15) is 17.8 Å². The summed E-state index contributed by atoms with van der Waals surface area (Å²) < 4.78 is 30.1. The van der Waals surface area contributed by atoms with E-state index in [1.807, 2.05) is 0 Å². The highest BCUT2D eigenvalue weighted by Crippen LogP contribution is 2.40. The van der Waals surface area contributed by atoms with Crippen molar-refractivity contribution in [2.75, 3.05) is 0 Å². The van der Waals surface area contributed by atoms with E-state index in [1.54, 1.807) is 18.2 Å². The molecule has 7 heteroatoms. The average Bonchev–Trinajstić information content (AvgIpc) is 2.38. The first-order chi connectivity index (χ1) is 9.25. The van der Waals surface area contributed by atoms with Gasteiger partial charge in [-0.1, -0.05) is 59.6 Å². The van der Waals surface area contributed by atoms with Gasteiger partial charge in [-0.15, -0.1) is 0 Å². The van der Waals surface area contributed by atoms with Crippen LogP contribution in [0.15, 0.2) is 53.6 Å². The van der Waals surface area contributed by atoms with Gasteiger partial charge in [-0.2, -0.15) is 8.42 Å². The zero-order chi connectivity index (χ0) is 15.0. The number of halogens is 2. The molecule has 1 aromatic rings. The third kappa shape index (κ3) is 2.67. The molecule has 0 radical (unpaired) electrons. The number of Topliss-reactive ketones (excluding diaryl/α,β-unsaturated/α-hetero) is 1. The molecule has 0 bridgehead atoms. The smallest absolute Gasteiger partial charge is 0.289 e. The van der Waals surface area contributed by atoms with E-state index in [0.717, 1.165) is 6.08 Å². The molecule has 0 saturated heterocycles. The summed E-state index contributed by atoms with van der Waals surface area (Å²) in [4.78, 5) is 12.4. The van der Waals surface area contributed by atoms with Gasteiger partial charge >= 0.3 is 0 Å². The van der Waals surface area contributed by atoms with Crippen LogP contribution in [0.1, 0.15) is 10.4 Å². The first kappa shape index (κ1) is 15.3. The Balaban J connectivity index is 2.51. The van der Waals surface area contributed by atoms with Crippen molar-refractivity contribution in [1.82, 2.24) is 0 Å². The summed E-state index contributed by atoms with van der Waals surface area (Å²) in [5.41, 5.74) is 0.294. The maximum Gasteiger partial charge on any atom is 0.289 e. The summed E-state index contributed by atoms with van der Waals surface area (Å²) in [5.74, 6) is -1.78. The van der Waals surface area contributed by atoms with E-state index < -0.39 is 26.0 Å². The number of rotatable bonds is 3. The minimum absolute atomic E-state index is 0.0368. The van der Waals surface area contributed by atoms with Gasteiger partial charge in [-0.05, 0) is 12.2 Å². The lowest BCUT2D eigenvalue weighted by atomic mass is 9.91. The molecule has 0 amide bonds. The molecular weight excluding hydrogens is 323 g/mol. The summed E-state index contributed by atoms with van der Waals surface area (Å²) in [7, 11) is -4.73. The van der Waals surface area contributed by atoms with E-state index in [4.69, 9.17) is 23.2 Å². The Morgan fingerprint density at radius 1 is 1.25 bits per heavy atom. The van der Waals surface area contributed by atoms with Crippen LogP contribution in [0, 0.1) is 5.92 Å². The van der Waals surface area contributed by atoms with Gasteiger partial charge in [-0.25, -0.2) is 0 Å². The molecule has 2 unspecified atom stereocenters. The molecule has 2 rings (SSSR count). The Hall–Kier alpha value is -1.14. The van der Waals surface area contributed by atoms with Crippen LogP contribution in [0.5, 0.6) is 0 Å². The molecule has 1 N–H and O–H groups in total. The molecule has 0 spiro atoms. The highest BCUT2D eigenvalue weighted by molar-refractivity contribution is 7.89. The minimum Gasteiger partial charge on any atom is -0.293 e. The fraction of sp³-hybridized carbons (Fsp3) is 0.154. The molecule has 1 aromatic carbocycles. The normalized spacial score (nSPS) is 26.1. The van der Waals surface area contributed by atoms with Crippen LogP contribution < -0.4 is 0 Å². The van der Waals surface area contributed by atoms with Crippen LogP contribution in [-0.2, 0) is 10.1 Å². The van der Waals surface area contributed by atoms with Crippen molar-refractivity contribution >= 4 is 39.1 Å². The average molecular weight is 333 g/mol. The van der Waals surface area contributed by atoms with Crippen LogP contribution in [0.3, 0.4) is 0 Å². The Kier molecular flexibility index (Phi) is 4.07. The minimum atomic E-state index is -4.73. The molecule has 2 atom stereocenters. The Morgan fingerprint density at radius 3 is 2.40 bits per heavy atom. The van der Waals surface area contributed by atoms with Crippen molar-refractivity contribution in [2.45, 2.75) is 4.21 Å². The van der Waals surface area contributed by atoms with Gasteiger partial charge in [0.15, 0.2) is 5.78 Å². The monoisotopic (exact) mass is 332 g/mol. The quantitative estimate of drug-likeness (QED) is 0.524. The summed E-state index contributed by atoms with van der Waals surface area (Å²) in [6, 6.07) is 8.09. The van der Waals surface area contributed by atoms with Crippen molar-refractivity contribution in [1.29, 1.82) is 0 Å². The SMILES string of the molecule is O=C(c1ccccc1)C1C=CC(Cl)=CC1(Cl)S(=O)(=O)O. The Labute approximate surface area is 126 Å². The highest BCUT2D eigenvalue weighted by Gasteiger charge is 2.50. The molecule has 0 aliphatic heterocycles. The van der Waals surface area contributed by atoms with Gasteiger partial charge in [0, 0.05) is 10.6 Å². The van der Waals surface area contributed by atoms with Gasteiger partial charge in [0.05, 0.1) is 5.92 Å². The van der Waals surface area contributed by atoms with Crippen molar-refractivity contribution in [3.63, 3.8) is 0 Å². The van der Waals surface area contributed by atoms with Gasteiger partial charge in [0.25, 0.3) is 10.1 Å². The second kappa shape index (κ2) is 5.33. The first-order valence-corrected chi connectivity index (χ1v) is 7.77. The van der Waals surface area contributed by atoms with Crippen LogP contribution in [0.25, 0.3) is 0 Å². The molecule has 0 fully saturated rings. The summed E-state index contributed by atoms with van der Waals surface area (Å²) in [6.45, 7) is 0. The lowest BCUT2D eigenvalue weighted by Crippen LogP contribution is -2.43. The van der Waals surface area contributed by atoms with Crippen molar-refractivity contribution in [3.8, 4) is 0 Å². The van der Waals surface area contributed by atoms with Crippen LogP contribution in [-0.4, -0.2) is 23.0 Å². The zero-order valence-electron chi connectivity index (χ0n) is 10.0. The molecular formula is C13H10Cl2O4S. The third-order valence-electron chi connectivity index (χ3n) is 2.94. The molecule has 1 aliphatic carbocycles. The number of benzene rings is 1. The number of allylic oxidation sites excluding steroid dienone is 3. The number of ketones is 1. The first-order valence-electron chi connectivity index (χ1n) is 5.57. The number of carbonyl (C=O) groups is 1. The van der Waals surface area contributed by atoms with E-state index in [0.29, 0.717) is 5.56 Å². The molecule has 106 valence electrons. The Morgan fingerprint density at radius 2 is 1.85 bits per heavy atom. The Bertz CT molecular complexity index is 694. The van der Waals surface area contributed by atoms with Crippen molar-refractivity contribution < 1.29 is 17.8 Å². The van der Waals surface area contributed by atoms with Crippen molar-refractivity contribution in [2.24, 2.45) is 5.92 Å². The van der Waals surface area contributed by atoms with Crippen LogP contribution >= 0.6 is 23.2 Å². The summed E-state index contributed by atoms with van der Waals surface area (Å²) in [5, 5.41) is 0.0368. The number of hydrogen-bond acceptors (Lipinski definition) is 3. The predicted octanol–water partition coefficient (Wildman–Crippen LogP) is 3.00. The molecule has 0 heterocycles. The lowest BCUT2D eigenvalue weighted by Gasteiger charge is -2.29. The fourth-order valence-corrected chi connectivity index (χ4v) is 3.37. The maximum atomic E-state index is 12.4. The number of carbonyl (C=O) groups excluding carboxylic acids is 1. The zero-order valence-corrected chi connectivity index (χ0v) is 12.4. The lowest BCUT2D eigenvalue weighted by molar-refractivity contribution is 0.0939. The predicted molar refractivity (Wildman–Crippen MR) is 77.5 cm³/mol. The molecule has 1 aliphatic rings. The molecule has 20 heavy (non-hydrogen) atoms. The maximum absolute atomic E-state index is 12.4. The largest absolute Gasteiger partial charge is 0.293 e. The van der Waals surface area contributed by atoms with E-state index in [-0.39, 0.29) is 5.03 Å². The van der Waals surface area contributed by atoms with Crippen LogP contribution in [0.4, 0.5) is 0 Å². The molecule has 0 saturated carbocycles. The summed E-state index contributed by atoms with van der Waals surface area (Å²) >= 11 is 11.7. The van der Waals surface area contributed by atoms with Crippen LogP contribution in [0.2, 0.25) is 0 Å². The van der Waals surface area contributed by atoms with E-state index >= 15 is 0 Å². The highest BCUT2D eigenvalue weighted by atomic mass is 35.5. The number of alkyl halides is 1. The van der Waals surface area contributed by atoms with Gasteiger partial charge in [0.2, 0.25) is 4.21 Å². The fourth-order valence-electron chi connectivity index (χ4n) is 1.93. The second-order valence-electron chi connectivity index (χ2n) is 4.27. The van der Waals surface area contributed by atoms with Gasteiger partial charge in [0.1, 0.15) is 0 Å². The standard InChI is InChI=1S/C13H10Cl2O4S/c14-10-6-7-11(13(15,8-10)20(17,18)19)12(16)9-4-2-1-3-5-9/h1-8,11H,(H,17,18,19). The second-order valence-corrected chi connectivity index (χ2v) is 7.18. The van der Waals surface area contributed by atoms with Gasteiger partial charge in [-0.3, -0.25) is 9.35 Å². The topological polar surface area (TPSA) is 71.4 Å².